The second kappa shape index (κ2) is 8.42. The molecule has 164 valence electrons. The summed E-state index contributed by atoms with van der Waals surface area (Å²) in [6.07, 6.45) is 1.90. The molecule has 3 rings (SSSR count). The van der Waals surface area contributed by atoms with Crippen molar-refractivity contribution < 1.29 is 10.2 Å². The van der Waals surface area contributed by atoms with Crippen LogP contribution >= 0.6 is 0 Å². The Kier molecular flexibility index (Phi) is 6.23. The summed E-state index contributed by atoms with van der Waals surface area (Å²) in [6.45, 7) is 16.9. The number of phenolic OH excluding ortho intramolecular Hbond substituents is 2. The van der Waals surface area contributed by atoms with Crippen LogP contribution in [0.3, 0.4) is 0 Å². The minimum atomic E-state index is -0.254. The van der Waals surface area contributed by atoms with Crippen LogP contribution < -0.4 is 0 Å². The molecule has 0 saturated carbocycles. The highest BCUT2D eigenvalue weighted by Gasteiger charge is 2.33. The molecule has 0 spiro atoms. The van der Waals surface area contributed by atoms with Crippen molar-refractivity contribution >= 4 is 0 Å². The van der Waals surface area contributed by atoms with E-state index >= 15 is 0 Å². The Balaban J connectivity index is 2.17. The van der Waals surface area contributed by atoms with Crippen molar-refractivity contribution in [2.45, 2.75) is 73.6 Å². The third-order valence-corrected chi connectivity index (χ3v) is 7.12. The van der Waals surface area contributed by atoms with Crippen molar-refractivity contribution in [3.05, 3.63) is 92.0 Å². The van der Waals surface area contributed by atoms with E-state index in [1.807, 2.05) is 26.0 Å². The number of aromatic hydroxyl groups is 2. The fraction of sp³-hybridized carbons (Fsp3) is 0.379. The van der Waals surface area contributed by atoms with Crippen molar-refractivity contribution in [2.75, 3.05) is 0 Å². The third-order valence-electron chi connectivity index (χ3n) is 7.12. The molecule has 3 aromatic rings. The Hall–Kier alpha value is -2.74. The van der Waals surface area contributed by atoms with Crippen LogP contribution in [0.5, 0.6) is 11.5 Å². The number of hydrogen-bond donors (Lipinski definition) is 2. The second-order valence-corrected chi connectivity index (χ2v) is 9.60. The van der Waals surface area contributed by atoms with Gasteiger partial charge < -0.3 is 10.2 Å². The molecule has 0 bridgehead atoms. The minimum absolute atomic E-state index is 0.254. The second-order valence-electron chi connectivity index (χ2n) is 9.60. The van der Waals surface area contributed by atoms with Crippen LogP contribution in [-0.2, 0) is 11.8 Å². The molecule has 0 aliphatic heterocycles. The summed E-state index contributed by atoms with van der Waals surface area (Å²) < 4.78 is 0. The van der Waals surface area contributed by atoms with Crippen molar-refractivity contribution in [3.8, 4) is 11.5 Å². The summed E-state index contributed by atoms with van der Waals surface area (Å²) in [5.74, 6) is 0.680. The van der Waals surface area contributed by atoms with Gasteiger partial charge in [0.2, 0.25) is 0 Å². The van der Waals surface area contributed by atoms with Gasteiger partial charge in [-0.2, -0.15) is 0 Å². The lowest BCUT2D eigenvalue weighted by Gasteiger charge is -2.35. The quantitative estimate of drug-likeness (QED) is 0.462. The fourth-order valence-electron chi connectivity index (χ4n) is 4.88. The van der Waals surface area contributed by atoms with Crippen LogP contribution in [0.25, 0.3) is 0 Å². The van der Waals surface area contributed by atoms with E-state index < -0.39 is 0 Å². The van der Waals surface area contributed by atoms with Crippen LogP contribution in [0.4, 0.5) is 0 Å². The molecule has 0 unspecified atom stereocenters. The lowest BCUT2D eigenvalue weighted by Crippen LogP contribution is -2.27. The molecule has 0 aliphatic carbocycles. The predicted octanol–water partition coefficient (Wildman–Crippen LogP) is 7.20. The van der Waals surface area contributed by atoms with Gasteiger partial charge >= 0.3 is 0 Å². The largest absolute Gasteiger partial charge is 0.508 e. The first-order valence-corrected chi connectivity index (χ1v) is 11.1. The van der Waals surface area contributed by atoms with Crippen LogP contribution in [0.1, 0.15) is 69.0 Å². The van der Waals surface area contributed by atoms with Gasteiger partial charge in [0, 0.05) is 5.41 Å². The number of hydrogen-bond acceptors (Lipinski definition) is 2. The molecule has 3 aromatic carbocycles. The highest BCUT2D eigenvalue weighted by molar-refractivity contribution is 5.53. The molecule has 0 radical (unpaired) electrons. The molecule has 2 nitrogen and oxygen atoms in total. The highest BCUT2D eigenvalue weighted by Crippen LogP contribution is 2.43. The zero-order valence-corrected chi connectivity index (χ0v) is 20.3. The molecule has 0 amide bonds. The Labute approximate surface area is 187 Å². The normalized spacial score (nSPS) is 11.7. The third kappa shape index (κ3) is 4.35. The topological polar surface area (TPSA) is 40.5 Å². The van der Waals surface area contributed by atoms with E-state index in [4.69, 9.17) is 0 Å². The highest BCUT2D eigenvalue weighted by atomic mass is 16.3. The zero-order chi connectivity index (χ0) is 23.1. The van der Waals surface area contributed by atoms with Gasteiger partial charge in [0.15, 0.2) is 0 Å². The molecule has 31 heavy (non-hydrogen) atoms. The van der Waals surface area contributed by atoms with E-state index in [0.717, 1.165) is 35.1 Å². The molecule has 2 N–H and O–H groups in total. The maximum Gasteiger partial charge on any atom is 0.118 e. The molecular formula is C29H36O2. The first-order valence-electron chi connectivity index (χ1n) is 11.1. The monoisotopic (exact) mass is 416 g/mol. The lowest BCUT2D eigenvalue weighted by atomic mass is 9.69. The van der Waals surface area contributed by atoms with Gasteiger partial charge in [-0.05, 0) is 129 Å². The van der Waals surface area contributed by atoms with E-state index in [2.05, 4.69) is 65.8 Å². The summed E-state index contributed by atoms with van der Waals surface area (Å²) >= 11 is 0. The van der Waals surface area contributed by atoms with E-state index in [9.17, 15) is 10.2 Å². The van der Waals surface area contributed by atoms with Gasteiger partial charge in [-0.15, -0.1) is 0 Å². The lowest BCUT2D eigenvalue weighted by molar-refractivity contribution is 0.464. The summed E-state index contributed by atoms with van der Waals surface area (Å²) in [7, 11) is 0. The van der Waals surface area contributed by atoms with E-state index in [-0.39, 0.29) is 5.41 Å². The van der Waals surface area contributed by atoms with Crippen molar-refractivity contribution in [1.29, 1.82) is 0 Å². The van der Waals surface area contributed by atoms with Gasteiger partial charge in [-0.3, -0.25) is 0 Å². The van der Waals surface area contributed by atoms with Gasteiger partial charge in [0.05, 0.1) is 0 Å². The van der Waals surface area contributed by atoms with Crippen LogP contribution in [-0.4, -0.2) is 10.2 Å². The summed E-state index contributed by atoms with van der Waals surface area (Å²) in [5.41, 5.74) is 11.6. The number of rotatable bonds is 5. The first-order chi connectivity index (χ1) is 14.4. The Morgan fingerprint density at radius 3 is 1.48 bits per heavy atom. The standard InChI is InChI=1S/C29H36O2/c1-17-11-19(3)24(12-18(17)2)9-10-29(8,25-13-22(6)27(30)15-20(25)4)26-14-23(7)28(31)16-21(26)5/h11-16,30-31H,9-10H2,1-8H3. The summed E-state index contributed by atoms with van der Waals surface area (Å²) in [6, 6.07) is 12.7. The Bertz CT molecular complexity index is 1080. The minimum Gasteiger partial charge on any atom is -0.508 e. The Morgan fingerprint density at radius 1 is 0.548 bits per heavy atom. The van der Waals surface area contributed by atoms with Gasteiger partial charge in [-0.1, -0.05) is 31.2 Å². The smallest absolute Gasteiger partial charge is 0.118 e. The van der Waals surface area contributed by atoms with E-state index in [0.29, 0.717) is 11.5 Å². The number of phenols is 2. The molecule has 0 aromatic heterocycles. The summed E-state index contributed by atoms with van der Waals surface area (Å²) in [4.78, 5) is 0. The summed E-state index contributed by atoms with van der Waals surface area (Å²) in [5, 5.41) is 20.5. The van der Waals surface area contributed by atoms with Crippen LogP contribution in [0, 0.1) is 48.5 Å². The Morgan fingerprint density at radius 2 is 1.00 bits per heavy atom. The van der Waals surface area contributed by atoms with E-state index in [1.54, 1.807) is 0 Å². The molecular weight excluding hydrogens is 380 g/mol. The van der Waals surface area contributed by atoms with Crippen molar-refractivity contribution in [3.63, 3.8) is 0 Å². The maximum absolute atomic E-state index is 10.3. The van der Waals surface area contributed by atoms with E-state index in [1.165, 1.54) is 33.4 Å². The van der Waals surface area contributed by atoms with Crippen LogP contribution in [0.2, 0.25) is 0 Å². The average molecular weight is 417 g/mol. The molecule has 0 heterocycles. The molecule has 0 fully saturated rings. The first kappa shape index (κ1) is 22.9. The molecule has 0 saturated heterocycles. The van der Waals surface area contributed by atoms with Crippen LogP contribution in [0.15, 0.2) is 36.4 Å². The fourth-order valence-corrected chi connectivity index (χ4v) is 4.88. The van der Waals surface area contributed by atoms with Gasteiger partial charge in [0.1, 0.15) is 11.5 Å². The van der Waals surface area contributed by atoms with Crippen molar-refractivity contribution in [1.82, 2.24) is 0 Å². The zero-order valence-electron chi connectivity index (χ0n) is 20.3. The molecule has 0 aliphatic rings. The molecule has 0 atom stereocenters. The average Bonchev–Trinajstić information content (AvgIpc) is 2.69. The maximum atomic E-state index is 10.3. The number of aryl methyl sites for hydroxylation is 8. The number of benzene rings is 3. The SMILES string of the molecule is Cc1cc(C)c(CCC(C)(c2cc(C)c(O)cc2C)c2cc(C)c(O)cc2C)cc1C. The van der Waals surface area contributed by atoms with Crippen molar-refractivity contribution in [2.24, 2.45) is 0 Å². The predicted molar refractivity (Wildman–Crippen MR) is 131 cm³/mol. The molecule has 2 heteroatoms. The van der Waals surface area contributed by atoms with Gasteiger partial charge in [-0.25, -0.2) is 0 Å². The van der Waals surface area contributed by atoms with Gasteiger partial charge in [0.25, 0.3) is 0 Å².